The molecule has 10 heteroatoms. The Kier molecular flexibility index (Phi) is 4.67. The van der Waals surface area contributed by atoms with Gasteiger partial charge in [0.25, 0.3) is 5.56 Å². The van der Waals surface area contributed by atoms with Gasteiger partial charge in [-0.2, -0.15) is 0 Å². The lowest BCUT2D eigenvalue weighted by atomic mass is 9.78. The maximum absolute atomic E-state index is 13.2. The van der Waals surface area contributed by atoms with E-state index in [2.05, 4.69) is 25.4 Å². The van der Waals surface area contributed by atoms with E-state index in [1.807, 2.05) is 18.4 Å². The van der Waals surface area contributed by atoms with Crippen LogP contribution in [-0.4, -0.2) is 38.7 Å². The number of carbonyl (C=O) groups is 1. The number of hydrogen-bond acceptors (Lipinski definition) is 8. The molecule has 1 fully saturated rings. The average molecular weight is 429 g/mol. The van der Waals surface area contributed by atoms with Crippen molar-refractivity contribution >= 4 is 33.7 Å². The molecule has 0 unspecified atom stereocenters. The first kappa shape index (κ1) is 18.4. The van der Waals surface area contributed by atoms with E-state index in [4.69, 9.17) is 0 Å². The molecule has 3 aromatic heterocycles. The second-order valence-corrected chi connectivity index (χ2v) is 9.37. The van der Waals surface area contributed by atoms with Crippen molar-refractivity contribution < 1.29 is 4.79 Å². The van der Waals surface area contributed by atoms with Gasteiger partial charge in [-0.15, -0.1) is 21.5 Å². The van der Waals surface area contributed by atoms with Crippen LogP contribution in [0.25, 0.3) is 0 Å². The summed E-state index contributed by atoms with van der Waals surface area (Å²) in [4.78, 5) is 32.6. The van der Waals surface area contributed by atoms with E-state index >= 15 is 0 Å². The van der Waals surface area contributed by atoms with Gasteiger partial charge in [0.2, 0.25) is 11.0 Å². The Morgan fingerprint density at radius 2 is 2.21 bits per heavy atom. The third-order valence-electron chi connectivity index (χ3n) is 5.65. The third kappa shape index (κ3) is 3.36. The number of aromatic nitrogens is 4. The van der Waals surface area contributed by atoms with Crippen LogP contribution in [0.2, 0.25) is 0 Å². The zero-order chi connectivity index (χ0) is 20.0. The van der Waals surface area contributed by atoms with Crippen LogP contribution in [0.15, 0.2) is 33.9 Å². The average Bonchev–Trinajstić information content (AvgIpc) is 3.39. The van der Waals surface area contributed by atoms with E-state index < -0.39 is 6.04 Å². The highest BCUT2D eigenvalue weighted by Crippen LogP contribution is 2.42. The van der Waals surface area contributed by atoms with Crippen molar-refractivity contribution in [1.82, 2.24) is 25.1 Å². The molecule has 3 atom stereocenters. The van der Waals surface area contributed by atoms with Gasteiger partial charge in [0.1, 0.15) is 11.6 Å². The minimum absolute atomic E-state index is 0.0300. The number of pyridine rings is 1. The summed E-state index contributed by atoms with van der Waals surface area (Å²) in [7, 11) is 0. The molecule has 2 aliphatic heterocycles. The van der Waals surface area contributed by atoms with Crippen molar-refractivity contribution in [1.29, 1.82) is 0 Å². The summed E-state index contributed by atoms with van der Waals surface area (Å²) in [6, 6.07) is 4.75. The fourth-order valence-electron chi connectivity index (χ4n) is 4.50. The summed E-state index contributed by atoms with van der Waals surface area (Å²) < 4.78 is 1.71. The lowest BCUT2D eigenvalue weighted by Gasteiger charge is -2.46. The molecule has 150 valence electrons. The predicted octanol–water partition coefficient (Wildman–Crippen LogP) is 1.95. The number of aryl methyl sites for hydroxylation is 1. The summed E-state index contributed by atoms with van der Waals surface area (Å²) in [5, 5.41) is 14.9. The molecular weight excluding hydrogens is 408 g/mol. The quantitative estimate of drug-likeness (QED) is 0.683. The molecule has 8 nitrogen and oxygen atoms in total. The Hall–Kier alpha value is -2.59. The summed E-state index contributed by atoms with van der Waals surface area (Å²) in [5.41, 5.74) is 3.37. The highest BCUT2D eigenvalue weighted by atomic mass is 32.1. The summed E-state index contributed by atoms with van der Waals surface area (Å²) >= 11 is 3.06. The first-order valence-corrected chi connectivity index (χ1v) is 11.3. The number of carbonyl (C=O) groups excluding carboxylic acids is 1. The smallest absolute Gasteiger partial charge is 0.251 e. The topological polar surface area (TPSA) is 93.0 Å². The molecule has 2 aliphatic rings. The molecule has 0 saturated carbocycles. The second kappa shape index (κ2) is 7.34. The Morgan fingerprint density at radius 3 is 2.97 bits per heavy atom. The lowest BCUT2D eigenvalue weighted by molar-refractivity contribution is -0.127. The minimum Gasteiger partial charge on any atom is -0.349 e. The molecule has 1 amide bonds. The largest absolute Gasteiger partial charge is 0.349 e. The van der Waals surface area contributed by atoms with Gasteiger partial charge in [-0.3, -0.25) is 14.2 Å². The van der Waals surface area contributed by atoms with Crippen LogP contribution >= 0.6 is 22.7 Å². The van der Waals surface area contributed by atoms with Gasteiger partial charge in [0.05, 0.1) is 17.2 Å². The lowest BCUT2D eigenvalue weighted by Crippen LogP contribution is -2.53. The van der Waals surface area contributed by atoms with Crippen LogP contribution in [0.3, 0.4) is 0 Å². The number of nitrogens with zero attached hydrogens (tertiary/aromatic N) is 5. The van der Waals surface area contributed by atoms with Gasteiger partial charge in [0.15, 0.2) is 0 Å². The SMILES string of the molecule is Cc1nc(CNC(=O)[C@H]2[C@H]3C[C@H](CN(c4nncs4)C3)c3cccc(=O)n32)cs1. The fourth-order valence-corrected chi connectivity index (χ4v) is 5.70. The standard InChI is InChI=1S/C19H20N6O2S2/c1-11-22-14(9-28-11)6-20-18(27)17-13-5-12(15-3-2-4-16(26)25(15)17)7-24(8-13)19-23-21-10-29-19/h2-4,9-10,12-13,17H,5-8H2,1H3,(H,20,27)/t12-,13+,17-/m1/s1. The maximum Gasteiger partial charge on any atom is 0.251 e. The number of amides is 1. The van der Waals surface area contributed by atoms with Crippen molar-refractivity contribution in [2.45, 2.75) is 31.8 Å². The summed E-state index contributed by atoms with van der Waals surface area (Å²) in [6.45, 7) is 3.77. The molecule has 5 heterocycles. The van der Waals surface area contributed by atoms with Crippen molar-refractivity contribution in [3.8, 4) is 0 Å². The zero-order valence-electron chi connectivity index (χ0n) is 15.8. The van der Waals surface area contributed by atoms with Crippen LogP contribution < -0.4 is 15.8 Å². The van der Waals surface area contributed by atoms with Gasteiger partial charge >= 0.3 is 0 Å². The number of fused-ring (bicyclic) bond motifs is 4. The molecule has 3 aromatic rings. The van der Waals surface area contributed by atoms with Crippen molar-refractivity contribution in [3.05, 3.63) is 55.8 Å². The van der Waals surface area contributed by atoms with Crippen molar-refractivity contribution in [2.75, 3.05) is 18.0 Å². The molecule has 1 N–H and O–H groups in total. The van der Waals surface area contributed by atoms with Crippen LogP contribution in [0.5, 0.6) is 0 Å². The van der Waals surface area contributed by atoms with Crippen LogP contribution in [-0.2, 0) is 11.3 Å². The summed E-state index contributed by atoms with van der Waals surface area (Å²) in [5.74, 6) is 0.0898. The molecular formula is C19H20N6O2S2. The van der Waals surface area contributed by atoms with E-state index in [0.717, 1.165) is 34.5 Å². The fraction of sp³-hybridized carbons (Fsp3) is 0.421. The van der Waals surface area contributed by atoms with E-state index in [9.17, 15) is 9.59 Å². The highest BCUT2D eigenvalue weighted by molar-refractivity contribution is 7.13. The maximum atomic E-state index is 13.2. The van der Waals surface area contributed by atoms with E-state index in [-0.39, 0.29) is 23.3 Å². The molecule has 0 aliphatic carbocycles. The van der Waals surface area contributed by atoms with Gasteiger partial charge in [0, 0.05) is 42.1 Å². The van der Waals surface area contributed by atoms with E-state index in [0.29, 0.717) is 13.1 Å². The molecule has 0 spiro atoms. The van der Waals surface area contributed by atoms with Crippen molar-refractivity contribution in [2.24, 2.45) is 5.92 Å². The number of hydrogen-bond donors (Lipinski definition) is 1. The second-order valence-electron chi connectivity index (χ2n) is 7.50. The Morgan fingerprint density at radius 1 is 1.31 bits per heavy atom. The van der Waals surface area contributed by atoms with Crippen molar-refractivity contribution in [3.63, 3.8) is 0 Å². The number of piperidine rings is 1. The molecule has 29 heavy (non-hydrogen) atoms. The number of nitrogens with one attached hydrogen (secondary N) is 1. The monoisotopic (exact) mass is 428 g/mol. The molecule has 1 saturated heterocycles. The first-order chi connectivity index (χ1) is 14.1. The molecule has 0 aromatic carbocycles. The van der Waals surface area contributed by atoms with Gasteiger partial charge in [-0.05, 0) is 19.4 Å². The highest BCUT2D eigenvalue weighted by Gasteiger charge is 2.44. The minimum atomic E-state index is -0.537. The summed E-state index contributed by atoms with van der Waals surface area (Å²) in [6.07, 6.45) is 0.882. The van der Waals surface area contributed by atoms with Crippen LogP contribution in [0.4, 0.5) is 5.13 Å². The predicted molar refractivity (Wildman–Crippen MR) is 111 cm³/mol. The van der Waals surface area contributed by atoms with E-state index in [1.165, 1.54) is 17.4 Å². The molecule has 0 radical (unpaired) electrons. The van der Waals surface area contributed by atoms with E-state index in [1.54, 1.807) is 27.5 Å². The zero-order valence-corrected chi connectivity index (χ0v) is 17.4. The van der Waals surface area contributed by atoms with Gasteiger partial charge in [-0.25, -0.2) is 4.98 Å². The third-order valence-corrected chi connectivity index (χ3v) is 7.22. The number of thiazole rings is 1. The Labute approximate surface area is 175 Å². The Balaban J connectivity index is 1.47. The number of rotatable bonds is 4. The normalized spacial score (nSPS) is 22.9. The molecule has 5 rings (SSSR count). The van der Waals surface area contributed by atoms with Gasteiger partial charge in [-0.1, -0.05) is 17.4 Å². The van der Waals surface area contributed by atoms with Crippen LogP contribution in [0, 0.1) is 12.8 Å². The first-order valence-electron chi connectivity index (χ1n) is 9.51. The number of anilines is 1. The van der Waals surface area contributed by atoms with Crippen LogP contribution in [0.1, 0.15) is 34.8 Å². The molecule has 2 bridgehead atoms. The van der Waals surface area contributed by atoms with Gasteiger partial charge < -0.3 is 10.2 Å². The Bertz CT molecular complexity index is 1090.